The molecule has 6 aromatic carbocycles. The normalized spacial score (nSPS) is 10.8. The zero-order valence-corrected chi connectivity index (χ0v) is 38.8. The molecule has 4 N–H and O–H groups in total. The first-order valence-corrected chi connectivity index (χ1v) is 19.8. The van der Waals surface area contributed by atoms with E-state index in [0.717, 1.165) is 11.3 Å². The van der Waals surface area contributed by atoms with E-state index in [-0.39, 0.29) is 57.1 Å². The molecule has 344 valence electrons. The van der Waals surface area contributed by atoms with Crippen molar-refractivity contribution in [2.24, 2.45) is 20.0 Å². The smallest absolute Gasteiger partial charge is 0.166 e. The van der Waals surface area contributed by atoms with Gasteiger partial charge in [0.2, 0.25) is 0 Å². The first-order valence-electron chi connectivity index (χ1n) is 19.0. The molecule has 0 fully saturated rings. The summed E-state index contributed by atoms with van der Waals surface area (Å²) in [6, 6.07) is 34.5. The molecule has 0 spiro atoms. The van der Waals surface area contributed by atoms with Gasteiger partial charge >= 0.3 is 0 Å². The first kappa shape index (κ1) is 54.2. The molecule has 0 saturated carbocycles. The van der Waals surface area contributed by atoms with Gasteiger partial charge in [-0.3, -0.25) is 20.0 Å². The summed E-state index contributed by atoms with van der Waals surface area (Å²) in [7, 11) is 6.26. The maximum absolute atomic E-state index is 10.1. The van der Waals surface area contributed by atoms with E-state index in [1.165, 1.54) is 24.6 Å². The van der Waals surface area contributed by atoms with Crippen LogP contribution in [0.3, 0.4) is 0 Å². The zero-order chi connectivity index (χ0) is 44.9. The summed E-state index contributed by atoms with van der Waals surface area (Å²) in [5, 5.41) is 40.5. The van der Waals surface area contributed by atoms with Crippen LogP contribution in [0.1, 0.15) is 46.5 Å². The Morgan fingerprint density at radius 2 is 0.844 bits per heavy atom. The van der Waals surface area contributed by atoms with E-state index in [4.69, 9.17) is 42.1 Å². The van der Waals surface area contributed by atoms with Crippen molar-refractivity contribution in [1.82, 2.24) is 0 Å². The van der Waals surface area contributed by atoms with E-state index in [0.29, 0.717) is 68.2 Å². The molecule has 0 saturated heterocycles. The van der Waals surface area contributed by atoms with Gasteiger partial charge in [0, 0.05) is 103 Å². The van der Waals surface area contributed by atoms with E-state index in [1.807, 2.05) is 49.4 Å². The number of hydrogen-bond donors (Lipinski definition) is 4. The quantitative estimate of drug-likeness (QED) is 0.0618. The summed E-state index contributed by atoms with van der Waals surface area (Å²) in [6.07, 6.45) is 5.57. The number of methoxy groups -OCH3 is 4. The van der Waals surface area contributed by atoms with Crippen LogP contribution in [0, 0.1) is 0 Å². The van der Waals surface area contributed by atoms with Gasteiger partial charge in [0.15, 0.2) is 6.17 Å². The minimum atomic E-state index is -0.699. The van der Waals surface area contributed by atoms with E-state index < -0.39 is 6.17 Å². The summed E-state index contributed by atoms with van der Waals surface area (Å²) >= 11 is 12.4. The molecule has 0 aliphatic carbocycles. The van der Waals surface area contributed by atoms with Crippen LogP contribution >= 0.6 is 23.2 Å². The maximum atomic E-state index is 10.1. The Hall–Kier alpha value is -5.98. The molecular weight excluding hydrogens is 959 g/mol. The minimum absolute atomic E-state index is 0. The number of halogens is 2. The number of phenols is 4. The van der Waals surface area contributed by atoms with Crippen LogP contribution in [0.4, 0.5) is 0 Å². The molecule has 16 heteroatoms. The number of benzene rings is 6. The summed E-state index contributed by atoms with van der Waals surface area (Å²) in [4.78, 5) is 17.3. The second-order valence-electron chi connectivity index (χ2n) is 12.8. The molecule has 12 nitrogen and oxygen atoms in total. The minimum Gasteiger partial charge on any atom is -0.507 e. The second kappa shape index (κ2) is 28.7. The van der Waals surface area contributed by atoms with Gasteiger partial charge in [-0.25, -0.2) is 0 Å². The number of ether oxygens (including phenoxy) is 4. The fourth-order valence-electron chi connectivity index (χ4n) is 5.30. The monoisotopic (exact) mass is 1000 g/mol. The van der Waals surface area contributed by atoms with Gasteiger partial charge in [0.05, 0.1) is 35.0 Å². The largest absolute Gasteiger partial charge is 0.507 e. The van der Waals surface area contributed by atoms with Crippen LogP contribution in [-0.2, 0) is 40.7 Å². The molecule has 0 aliphatic heterocycles. The van der Waals surface area contributed by atoms with Crippen LogP contribution in [0.15, 0.2) is 141 Å². The predicted molar refractivity (Wildman–Crippen MR) is 249 cm³/mol. The third-order valence-corrected chi connectivity index (χ3v) is 9.41. The summed E-state index contributed by atoms with van der Waals surface area (Å²) in [5.74, 6) is 3.09. The number of nitrogens with zero attached hydrogens (tertiary/aromatic N) is 4. The van der Waals surface area contributed by atoms with Crippen LogP contribution in [0.2, 0.25) is 10.0 Å². The summed E-state index contributed by atoms with van der Waals surface area (Å²) in [6.45, 7) is 3.11. The Morgan fingerprint density at radius 1 is 0.484 bits per heavy atom. The van der Waals surface area contributed by atoms with Crippen LogP contribution in [0.5, 0.6) is 46.0 Å². The zero-order valence-electron chi connectivity index (χ0n) is 35.4. The molecular formula is C48H48Cl2Cu2N4O8. The van der Waals surface area contributed by atoms with Crippen molar-refractivity contribution in [3.63, 3.8) is 0 Å². The van der Waals surface area contributed by atoms with Gasteiger partial charge in [0.1, 0.15) is 46.0 Å². The van der Waals surface area contributed by atoms with Crippen LogP contribution < -0.4 is 18.9 Å². The standard InChI is InChI=1S/C23H21ClN2O4.C15H14ClNO2.C10H13NO2.2Cu/c1-29-17-7-9-21(27)15(11-17)13-25-23(19-5-3-4-6-20(19)24)26-14-16-12-18(30-2)8-10-22(16)28;1-19-13-6-7-15(18)12(8-13)10-17-9-11-4-2-3-5-14(11)16;1-3-11-7-8-6-9(13-2)4-5-10(8)12;;/h3-14,23,27-28H,1-2H3;2-8,10,18H,9H2,1H3;4-7,12H,3H2,1-2H3;;/b25-13+,26-14+;;;;. The molecule has 0 amide bonds. The Balaban J connectivity index is 0.000000355. The van der Waals surface area contributed by atoms with Gasteiger partial charge < -0.3 is 39.4 Å². The van der Waals surface area contributed by atoms with Crippen molar-refractivity contribution < 1.29 is 73.5 Å². The SMILES string of the molecule is CCN=Cc1cc(OC)ccc1O.COc1ccc(O)c(/C=N/C(/N=C/c2cc(OC)ccc2O)c2ccccc2Cl)c1.COc1ccc(O)c(C=NCc2ccccc2Cl)c1.[Cu].[Cu]. The fourth-order valence-corrected chi connectivity index (χ4v) is 5.72. The van der Waals surface area contributed by atoms with Crippen LogP contribution in [-0.4, -0.2) is 80.3 Å². The average Bonchev–Trinajstić information content (AvgIpc) is 3.29. The van der Waals surface area contributed by atoms with Crippen LogP contribution in [0.25, 0.3) is 0 Å². The molecule has 64 heavy (non-hydrogen) atoms. The Labute approximate surface area is 404 Å². The van der Waals surface area contributed by atoms with Crippen molar-refractivity contribution in [2.45, 2.75) is 19.6 Å². The molecule has 0 aliphatic rings. The third-order valence-electron chi connectivity index (χ3n) is 8.69. The molecule has 0 aromatic heterocycles. The van der Waals surface area contributed by atoms with E-state index in [2.05, 4.69) is 20.0 Å². The first-order chi connectivity index (χ1) is 30.0. The molecule has 2 radical (unpaired) electrons. The molecule has 0 atom stereocenters. The average molecular weight is 1010 g/mol. The summed E-state index contributed by atoms with van der Waals surface area (Å²) < 4.78 is 20.5. The molecule has 0 unspecified atom stereocenters. The van der Waals surface area contributed by atoms with Gasteiger partial charge in [-0.15, -0.1) is 0 Å². The van der Waals surface area contributed by atoms with Crippen molar-refractivity contribution in [3.8, 4) is 46.0 Å². The molecule has 6 aromatic rings. The fraction of sp³-hybridized carbons (Fsp3) is 0.167. The Bertz CT molecular complexity index is 2440. The number of aliphatic imine (C=N–C) groups is 4. The number of aromatic hydroxyl groups is 4. The van der Waals surface area contributed by atoms with E-state index >= 15 is 0 Å². The maximum Gasteiger partial charge on any atom is 0.166 e. The van der Waals surface area contributed by atoms with Gasteiger partial charge in [-0.05, 0) is 97.4 Å². The third kappa shape index (κ3) is 17.0. The van der Waals surface area contributed by atoms with Gasteiger partial charge in [0.25, 0.3) is 0 Å². The van der Waals surface area contributed by atoms with E-state index in [1.54, 1.807) is 108 Å². The summed E-state index contributed by atoms with van der Waals surface area (Å²) in [5.41, 5.74) is 3.88. The number of phenolic OH excluding ortho intramolecular Hbond substituents is 4. The van der Waals surface area contributed by atoms with E-state index in [9.17, 15) is 20.4 Å². The second-order valence-corrected chi connectivity index (χ2v) is 13.7. The van der Waals surface area contributed by atoms with Crippen molar-refractivity contribution in [2.75, 3.05) is 35.0 Å². The van der Waals surface area contributed by atoms with Crippen molar-refractivity contribution in [3.05, 3.63) is 165 Å². The Morgan fingerprint density at radius 3 is 1.22 bits per heavy atom. The molecule has 0 heterocycles. The Kier molecular flexibility index (Phi) is 24.2. The predicted octanol–water partition coefficient (Wildman–Crippen LogP) is 10.5. The molecule has 0 bridgehead atoms. The van der Waals surface area contributed by atoms with Crippen molar-refractivity contribution >= 4 is 48.1 Å². The van der Waals surface area contributed by atoms with Gasteiger partial charge in [-0.1, -0.05) is 59.6 Å². The van der Waals surface area contributed by atoms with Gasteiger partial charge in [-0.2, -0.15) is 0 Å². The number of hydrogen-bond acceptors (Lipinski definition) is 12. The topological polar surface area (TPSA) is 167 Å². The van der Waals surface area contributed by atoms with Crippen molar-refractivity contribution in [1.29, 1.82) is 0 Å². The number of rotatable bonds is 14. The molecule has 6 rings (SSSR count).